The van der Waals surface area contributed by atoms with E-state index >= 15 is 0 Å². The Morgan fingerprint density at radius 2 is 1.69 bits per heavy atom. The van der Waals surface area contributed by atoms with Crippen LogP contribution in [0.25, 0.3) is 28.7 Å². The van der Waals surface area contributed by atoms with Gasteiger partial charge in [-0.05, 0) is 38.1 Å². The van der Waals surface area contributed by atoms with Crippen molar-refractivity contribution < 1.29 is 23.5 Å². The van der Waals surface area contributed by atoms with Gasteiger partial charge in [-0.25, -0.2) is 4.68 Å². The molecule has 0 atom stereocenters. The summed E-state index contributed by atoms with van der Waals surface area (Å²) >= 11 is 0. The lowest BCUT2D eigenvalue weighted by Gasteiger charge is -2.12. The number of rotatable bonds is 8. The summed E-state index contributed by atoms with van der Waals surface area (Å²) in [5.74, 6) is 2.76. The zero-order valence-corrected chi connectivity index (χ0v) is 18.4. The van der Waals surface area contributed by atoms with E-state index in [2.05, 4.69) is 20.5 Å². The van der Waals surface area contributed by atoms with E-state index < -0.39 is 0 Å². The summed E-state index contributed by atoms with van der Waals surface area (Å²) in [7, 11) is 4.64. The van der Waals surface area contributed by atoms with Crippen LogP contribution in [0.1, 0.15) is 12.6 Å². The number of hydrogen-bond acceptors (Lipinski definition) is 9. The van der Waals surface area contributed by atoms with Crippen LogP contribution in [0.4, 0.5) is 0 Å². The van der Waals surface area contributed by atoms with E-state index in [0.717, 1.165) is 11.4 Å². The maximum Gasteiger partial charge on any atom is 0.280 e. The second kappa shape index (κ2) is 8.96. The molecular formula is C22H23N5O5. The topological polar surface area (TPSA) is 107 Å². The molecule has 0 spiro atoms. The van der Waals surface area contributed by atoms with Crippen molar-refractivity contribution in [1.82, 2.24) is 25.1 Å². The molecule has 0 aliphatic heterocycles. The first kappa shape index (κ1) is 21.2. The number of para-hydroxylation sites is 2. The van der Waals surface area contributed by atoms with E-state index in [1.165, 1.54) is 0 Å². The molecule has 0 unspecified atom stereocenters. The van der Waals surface area contributed by atoms with E-state index in [4.69, 9.17) is 23.5 Å². The monoisotopic (exact) mass is 437 g/mol. The summed E-state index contributed by atoms with van der Waals surface area (Å²) in [5.41, 5.74) is 2.62. The molecule has 4 rings (SSSR count). The molecule has 10 nitrogen and oxygen atoms in total. The average molecular weight is 437 g/mol. The van der Waals surface area contributed by atoms with Gasteiger partial charge in [0, 0.05) is 5.56 Å². The van der Waals surface area contributed by atoms with Crippen molar-refractivity contribution in [3.63, 3.8) is 0 Å². The summed E-state index contributed by atoms with van der Waals surface area (Å²) in [6, 6.07) is 11.1. The Morgan fingerprint density at radius 3 is 2.34 bits per heavy atom. The second-order valence-corrected chi connectivity index (χ2v) is 6.67. The first-order chi connectivity index (χ1) is 15.6. The van der Waals surface area contributed by atoms with Crippen LogP contribution < -0.4 is 18.9 Å². The quantitative estimate of drug-likeness (QED) is 0.408. The van der Waals surface area contributed by atoms with Crippen LogP contribution in [-0.2, 0) is 0 Å². The summed E-state index contributed by atoms with van der Waals surface area (Å²) in [4.78, 5) is 4.51. The second-order valence-electron chi connectivity index (χ2n) is 6.67. The predicted molar refractivity (Wildman–Crippen MR) is 116 cm³/mol. The zero-order chi connectivity index (χ0) is 22.7. The summed E-state index contributed by atoms with van der Waals surface area (Å²) < 4.78 is 29.1. The van der Waals surface area contributed by atoms with Gasteiger partial charge in [-0.15, -0.1) is 5.10 Å². The van der Waals surface area contributed by atoms with Gasteiger partial charge in [0.15, 0.2) is 17.2 Å². The van der Waals surface area contributed by atoms with E-state index in [1.54, 1.807) is 38.1 Å². The van der Waals surface area contributed by atoms with Crippen molar-refractivity contribution in [3.05, 3.63) is 42.1 Å². The number of benzene rings is 2. The van der Waals surface area contributed by atoms with Gasteiger partial charge < -0.3 is 23.5 Å². The van der Waals surface area contributed by atoms with Gasteiger partial charge in [0.25, 0.3) is 5.89 Å². The SMILES string of the molecule is CCOc1ccccc1-n1nnc(-c2nc(-c3cc(OC)c(OC)c(OC)c3)no2)c1C. The first-order valence-corrected chi connectivity index (χ1v) is 9.90. The third-order valence-corrected chi connectivity index (χ3v) is 4.84. The molecular weight excluding hydrogens is 414 g/mol. The lowest BCUT2D eigenvalue weighted by Crippen LogP contribution is -2.03. The highest BCUT2D eigenvalue weighted by molar-refractivity contribution is 5.67. The van der Waals surface area contributed by atoms with E-state index in [1.807, 2.05) is 38.1 Å². The predicted octanol–water partition coefficient (Wildman–Crippen LogP) is 3.72. The Labute approximate surface area is 184 Å². The van der Waals surface area contributed by atoms with Gasteiger partial charge in [0.2, 0.25) is 11.6 Å². The van der Waals surface area contributed by atoms with Crippen molar-refractivity contribution in [2.45, 2.75) is 13.8 Å². The molecule has 0 fully saturated rings. The first-order valence-electron chi connectivity index (χ1n) is 9.90. The van der Waals surface area contributed by atoms with Crippen LogP contribution in [0.15, 0.2) is 40.9 Å². The molecule has 2 heterocycles. The minimum Gasteiger partial charge on any atom is -0.493 e. The molecule has 4 aromatic rings. The normalized spacial score (nSPS) is 10.8. The molecule has 10 heteroatoms. The number of hydrogen-bond donors (Lipinski definition) is 0. The standard InChI is InChI=1S/C22H23N5O5/c1-6-31-16-10-8-7-9-15(16)27-13(2)19(24-26-27)22-23-21(25-32-22)14-11-17(28-3)20(30-5)18(12-14)29-4/h7-12H,6H2,1-5H3. The van der Waals surface area contributed by atoms with Gasteiger partial charge in [0.05, 0.1) is 33.6 Å². The minimum absolute atomic E-state index is 0.242. The average Bonchev–Trinajstić information content (AvgIpc) is 3.45. The van der Waals surface area contributed by atoms with Gasteiger partial charge in [-0.2, -0.15) is 4.98 Å². The zero-order valence-electron chi connectivity index (χ0n) is 18.4. The van der Waals surface area contributed by atoms with Crippen LogP contribution in [0.2, 0.25) is 0 Å². The number of nitrogens with zero attached hydrogens (tertiary/aromatic N) is 5. The molecule has 2 aromatic carbocycles. The maximum atomic E-state index is 5.71. The van der Waals surface area contributed by atoms with Crippen molar-refractivity contribution in [2.75, 3.05) is 27.9 Å². The molecule has 2 aromatic heterocycles. The van der Waals surface area contributed by atoms with Crippen molar-refractivity contribution >= 4 is 0 Å². The van der Waals surface area contributed by atoms with Crippen molar-refractivity contribution in [2.24, 2.45) is 0 Å². The largest absolute Gasteiger partial charge is 0.493 e. The summed E-state index contributed by atoms with van der Waals surface area (Å²) in [6.45, 7) is 4.35. The van der Waals surface area contributed by atoms with Crippen LogP contribution in [0, 0.1) is 6.92 Å². The van der Waals surface area contributed by atoms with Crippen molar-refractivity contribution in [1.29, 1.82) is 0 Å². The fourth-order valence-electron chi connectivity index (χ4n) is 3.31. The van der Waals surface area contributed by atoms with E-state index in [9.17, 15) is 0 Å². The smallest absolute Gasteiger partial charge is 0.280 e. The Morgan fingerprint density at radius 1 is 0.969 bits per heavy atom. The minimum atomic E-state index is 0.242. The molecule has 0 aliphatic carbocycles. The van der Waals surface area contributed by atoms with Gasteiger partial charge >= 0.3 is 0 Å². The van der Waals surface area contributed by atoms with E-state index in [0.29, 0.717) is 46.7 Å². The van der Waals surface area contributed by atoms with Gasteiger partial charge in [0.1, 0.15) is 11.4 Å². The maximum absolute atomic E-state index is 5.71. The third kappa shape index (κ3) is 3.70. The number of methoxy groups -OCH3 is 3. The van der Waals surface area contributed by atoms with E-state index in [-0.39, 0.29) is 5.89 Å². The molecule has 32 heavy (non-hydrogen) atoms. The van der Waals surface area contributed by atoms with Gasteiger partial charge in [-0.1, -0.05) is 22.5 Å². The molecule has 0 N–H and O–H groups in total. The molecule has 0 saturated carbocycles. The highest BCUT2D eigenvalue weighted by Crippen LogP contribution is 2.41. The van der Waals surface area contributed by atoms with Crippen molar-refractivity contribution in [3.8, 4) is 51.7 Å². The lowest BCUT2D eigenvalue weighted by atomic mass is 10.1. The molecule has 0 amide bonds. The number of aromatic nitrogens is 5. The van der Waals surface area contributed by atoms with Crippen LogP contribution in [0.5, 0.6) is 23.0 Å². The molecule has 0 radical (unpaired) electrons. The van der Waals surface area contributed by atoms with Crippen LogP contribution >= 0.6 is 0 Å². The Balaban J connectivity index is 1.72. The Kier molecular flexibility index (Phi) is 5.93. The number of ether oxygens (including phenoxy) is 4. The van der Waals surface area contributed by atoms with Gasteiger partial charge in [-0.3, -0.25) is 0 Å². The third-order valence-electron chi connectivity index (χ3n) is 4.84. The molecule has 166 valence electrons. The summed E-state index contributed by atoms with van der Waals surface area (Å²) in [5, 5.41) is 12.6. The Bertz CT molecular complexity index is 1210. The van der Waals surface area contributed by atoms with Crippen LogP contribution in [-0.4, -0.2) is 53.1 Å². The summed E-state index contributed by atoms with van der Waals surface area (Å²) in [6.07, 6.45) is 0. The fraction of sp³-hybridized carbons (Fsp3) is 0.273. The Hall–Kier alpha value is -4.08. The van der Waals surface area contributed by atoms with Crippen LogP contribution in [0.3, 0.4) is 0 Å². The molecule has 0 bridgehead atoms. The lowest BCUT2D eigenvalue weighted by molar-refractivity contribution is 0.324. The highest BCUT2D eigenvalue weighted by atomic mass is 16.5. The molecule has 0 aliphatic rings. The highest BCUT2D eigenvalue weighted by Gasteiger charge is 2.22. The molecule has 0 saturated heterocycles. The fourth-order valence-corrected chi connectivity index (χ4v) is 3.31.